The second-order valence-corrected chi connectivity index (χ2v) is 4.77. The molecular formula is C14H12BrN2O. The van der Waals surface area contributed by atoms with Gasteiger partial charge in [-0.2, -0.15) is 0 Å². The van der Waals surface area contributed by atoms with E-state index in [-0.39, 0.29) is 5.91 Å². The molecule has 0 aliphatic heterocycles. The highest BCUT2D eigenvalue weighted by Gasteiger charge is 2.09. The Kier molecular flexibility index (Phi) is 3.77. The third-order valence-electron chi connectivity index (χ3n) is 2.57. The number of anilines is 1. The smallest absolute Gasteiger partial charge is 0.274 e. The van der Waals surface area contributed by atoms with Crippen LogP contribution >= 0.6 is 15.9 Å². The van der Waals surface area contributed by atoms with Crippen molar-refractivity contribution in [3.8, 4) is 0 Å². The van der Waals surface area contributed by atoms with E-state index >= 15 is 0 Å². The lowest BCUT2D eigenvalue weighted by molar-refractivity contribution is 0.102. The number of benzene rings is 1. The fraction of sp³-hybridized carbons (Fsp3) is 0.0714. The van der Waals surface area contributed by atoms with Crippen molar-refractivity contribution in [3.05, 3.63) is 64.7 Å². The van der Waals surface area contributed by atoms with Crippen LogP contribution in [0.2, 0.25) is 0 Å². The van der Waals surface area contributed by atoms with E-state index in [4.69, 9.17) is 0 Å². The fourth-order valence-electron chi connectivity index (χ4n) is 1.49. The molecule has 3 nitrogen and oxygen atoms in total. The van der Waals surface area contributed by atoms with Crippen LogP contribution in [0.5, 0.6) is 0 Å². The second kappa shape index (κ2) is 5.31. The molecule has 91 valence electrons. The van der Waals surface area contributed by atoms with E-state index in [9.17, 15) is 4.79 Å². The lowest BCUT2D eigenvalue weighted by Crippen LogP contribution is -2.14. The molecule has 0 atom stereocenters. The predicted octanol–water partition coefficient (Wildman–Crippen LogP) is 3.59. The largest absolute Gasteiger partial charge is 0.320 e. The first-order valence-electron chi connectivity index (χ1n) is 5.42. The average Bonchev–Trinajstić information content (AvgIpc) is 2.36. The maximum absolute atomic E-state index is 12.0. The van der Waals surface area contributed by atoms with Gasteiger partial charge in [0, 0.05) is 16.4 Å². The quantitative estimate of drug-likeness (QED) is 0.921. The number of rotatable bonds is 2. The van der Waals surface area contributed by atoms with Gasteiger partial charge in [-0.15, -0.1) is 0 Å². The number of carbonyl (C=O) groups is 1. The van der Waals surface area contributed by atoms with Crippen molar-refractivity contribution in [1.82, 2.24) is 4.98 Å². The Morgan fingerprint density at radius 3 is 2.78 bits per heavy atom. The van der Waals surface area contributed by atoms with Crippen molar-refractivity contribution >= 4 is 27.5 Å². The number of hydrogen-bond acceptors (Lipinski definition) is 2. The standard InChI is InChI=1S/C14H12BrN2O/c1-9-6-7-13(16-8-9)14(18)17-12-5-3-4-11(15)10(12)2/h3-8H,1H2,2H3,(H,17,18). The van der Waals surface area contributed by atoms with Gasteiger partial charge in [0.25, 0.3) is 5.91 Å². The van der Waals surface area contributed by atoms with Gasteiger partial charge < -0.3 is 5.32 Å². The van der Waals surface area contributed by atoms with Gasteiger partial charge in [-0.3, -0.25) is 9.78 Å². The van der Waals surface area contributed by atoms with Crippen LogP contribution in [0.25, 0.3) is 0 Å². The molecule has 1 radical (unpaired) electrons. The fourth-order valence-corrected chi connectivity index (χ4v) is 1.85. The van der Waals surface area contributed by atoms with Crippen LogP contribution < -0.4 is 5.32 Å². The van der Waals surface area contributed by atoms with E-state index in [1.54, 1.807) is 18.3 Å². The number of carbonyl (C=O) groups excluding carboxylic acids is 1. The first-order valence-corrected chi connectivity index (χ1v) is 6.21. The molecule has 1 aromatic heterocycles. The Labute approximate surface area is 114 Å². The topological polar surface area (TPSA) is 42.0 Å². The molecule has 18 heavy (non-hydrogen) atoms. The summed E-state index contributed by atoms with van der Waals surface area (Å²) < 4.78 is 0.960. The van der Waals surface area contributed by atoms with E-state index in [0.29, 0.717) is 5.69 Å². The monoisotopic (exact) mass is 303 g/mol. The van der Waals surface area contributed by atoms with Crippen molar-refractivity contribution in [2.75, 3.05) is 5.32 Å². The highest BCUT2D eigenvalue weighted by Crippen LogP contribution is 2.23. The van der Waals surface area contributed by atoms with Gasteiger partial charge in [0.1, 0.15) is 5.69 Å². The third kappa shape index (κ3) is 2.76. The molecule has 0 aliphatic rings. The highest BCUT2D eigenvalue weighted by molar-refractivity contribution is 9.10. The normalized spacial score (nSPS) is 10.2. The molecule has 0 unspecified atom stereocenters. The Morgan fingerprint density at radius 1 is 1.33 bits per heavy atom. The molecule has 2 aromatic rings. The molecule has 4 heteroatoms. The second-order valence-electron chi connectivity index (χ2n) is 3.92. The van der Waals surface area contributed by atoms with E-state index in [0.717, 1.165) is 21.3 Å². The molecule has 1 amide bonds. The van der Waals surface area contributed by atoms with Gasteiger partial charge >= 0.3 is 0 Å². The number of hydrogen-bond donors (Lipinski definition) is 1. The molecule has 0 aliphatic carbocycles. The minimum atomic E-state index is -0.226. The van der Waals surface area contributed by atoms with Gasteiger partial charge in [-0.05, 0) is 43.2 Å². The average molecular weight is 304 g/mol. The molecule has 0 spiro atoms. The summed E-state index contributed by atoms with van der Waals surface area (Å²) in [5, 5.41) is 2.83. The Morgan fingerprint density at radius 2 is 2.11 bits per heavy atom. The summed E-state index contributed by atoms with van der Waals surface area (Å²) in [5.41, 5.74) is 2.92. The maximum Gasteiger partial charge on any atom is 0.274 e. The lowest BCUT2D eigenvalue weighted by atomic mass is 10.2. The molecule has 0 saturated heterocycles. The molecule has 1 N–H and O–H groups in total. The summed E-state index contributed by atoms with van der Waals surface area (Å²) in [7, 11) is 0. The SMILES string of the molecule is [CH2]c1ccc(C(=O)Nc2cccc(Br)c2C)nc1. The molecule has 2 rings (SSSR count). The van der Waals surface area contributed by atoms with Crippen LogP contribution in [0.4, 0.5) is 5.69 Å². The zero-order chi connectivity index (χ0) is 13.1. The van der Waals surface area contributed by atoms with Crippen LogP contribution in [0.1, 0.15) is 21.6 Å². The zero-order valence-corrected chi connectivity index (χ0v) is 11.5. The van der Waals surface area contributed by atoms with Gasteiger partial charge in [-0.1, -0.05) is 28.1 Å². The van der Waals surface area contributed by atoms with E-state index < -0.39 is 0 Å². The maximum atomic E-state index is 12.0. The van der Waals surface area contributed by atoms with Crippen molar-refractivity contribution in [2.45, 2.75) is 6.92 Å². The van der Waals surface area contributed by atoms with E-state index in [1.807, 2.05) is 25.1 Å². The van der Waals surface area contributed by atoms with Crippen LogP contribution in [0, 0.1) is 13.8 Å². The van der Waals surface area contributed by atoms with Crippen molar-refractivity contribution in [3.63, 3.8) is 0 Å². The van der Waals surface area contributed by atoms with E-state index in [2.05, 4.69) is 33.2 Å². The predicted molar refractivity (Wildman–Crippen MR) is 75.5 cm³/mol. The molecule has 0 fully saturated rings. The highest BCUT2D eigenvalue weighted by atomic mass is 79.9. The molecule has 1 heterocycles. The van der Waals surface area contributed by atoms with Crippen molar-refractivity contribution in [2.24, 2.45) is 0 Å². The van der Waals surface area contributed by atoms with Gasteiger partial charge in [0.2, 0.25) is 0 Å². The van der Waals surface area contributed by atoms with Crippen LogP contribution in [-0.2, 0) is 0 Å². The van der Waals surface area contributed by atoms with Gasteiger partial charge in [0.05, 0.1) is 0 Å². The minimum Gasteiger partial charge on any atom is -0.320 e. The number of nitrogens with one attached hydrogen (secondary N) is 1. The first kappa shape index (κ1) is 12.8. The molecule has 0 saturated carbocycles. The number of aromatic nitrogens is 1. The van der Waals surface area contributed by atoms with Crippen LogP contribution in [0.3, 0.4) is 0 Å². The minimum absolute atomic E-state index is 0.226. The molecular weight excluding hydrogens is 292 g/mol. The molecule has 0 bridgehead atoms. The first-order chi connectivity index (χ1) is 8.58. The number of halogens is 1. The summed E-state index contributed by atoms with van der Waals surface area (Å²) in [5.74, 6) is -0.226. The summed E-state index contributed by atoms with van der Waals surface area (Å²) >= 11 is 3.43. The Bertz CT molecular complexity index is 579. The van der Waals surface area contributed by atoms with Crippen LogP contribution in [0.15, 0.2) is 41.0 Å². The number of pyridine rings is 1. The van der Waals surface area contributed by atoms with Crippen molar-refractivity contribution in [1.29, 1.82) is 0 Å². The summed E-state index contributed by atoms with van der Waals surface area (Å²) in [6.07, 6.45) is 1.57. The van der Waals surface area contributed by atoms with E-state index in [1.165, 1.54) is 0 Å². The van der Waals surface area contributed by atoms with Gasteiger partial charge in [0.15, 0.2) is 0 Å². The van der Waals surface area contributed by atoms with Gasteiger partial charge in [-0.25, -0.2) is 0 Å². The Hall–Kier alpha value is -1.68. The summed E-state index contributed by atoms with van der Waals surface area (Å²) in [6, 6.07) is 9.08. The Balaban J connectivity index is 2.21. The summed E-state index contributed by atoms with van der Waals surface area (Å²) in [4.78, 5) is 16.0. The van der Waals surface area contributed by atoms with Crippen molar-refractivity contribution < 1.29 is 4.79 Å². The van der Waals surface area contributed by atoms with Crippen LogP contribution in [-0.4, -0.2) is 10.9 Å². The molecule has 1 aromatic carbocycles. The zero-order valence-electron chi connectivity index (χ0n) is 9.90. The summed E-state index contributed by atoms with van der Waals surface area (Å²) in [6.45, 7) is 5.67. The number of amides is 1. The number of nitrogens with zero attached hydrogens (tertiary/aromatic N) is 1. The lowest BCUT2D eigenvalue weighted by Gasteiger charge is -2.09. The third-order valence-corrected chi connectivity index (χ3v) is 3.43.